The summed E-state index contributed by atoms with van der Waals surface area (Å²) in [6.45, 7) is 2.10. The lowest BCUT2D eigenvalue weighted by Gasteiger charge is -2.17. The Labute approximate surface area is 130 Å². The van der Waals surface area contributed by atoms with Crippen molar-refractivity contribution < 1.29 is 0 Å². The topological polar surface area (TPSA) is 52.8 Å². The Morgan fingerprint density at radius 1 is 1.38 bits per heavy atom. The third kappa shape index (κ3) is 3.09. The van der Waals surface area contributed by atoms with Gasteiger partial charge >= 0.3 is 0 Å². The highest BCUT2D eigenvalue weighted by Crippen LogP contribution is 2.38. The van der Waals surface area contributed by atoms with E-state index in [1.165, 1.54) is 5.56 Å². The average molecular weight is 302 g/mol. The van der Waals surface area contributed by atoms with Gasteiger partial charge < -0.3 is 10.8 Å². The highest BCUT2D eigenvalue weighted by Gasteiger charge is 2.31. The lowest BCUT2D eigenvalue weighted by atomic mass is 10.1. The summed E-state index contributed by atoms with van der Waals surface area (Å²) >= 11 is 1.80. The van der Waals surface area contributed by atoms with Gasteiger partial charge in [0.25, 0.3) is 0 Å². The number of nitrogens with one attached hydrogen (secondary N) is 3. The Balaban J connectivity index is 1.88. The zero-order valence-corrected chi connectivity index (χ0v) is 13.3. The molecule has 3 rings (SSSR count). The van der Waals surface area contributed by atoms with E-state index in [4.69, 9.17) is 5.41 Å². The highest BCUT2D eigenvalue weighted by atomic mass is 32.2. The number of nitrogens with zero attached hydrogens (tertiary/aromatic N) is 1. The van der Waals surface area contributed by atoms with Crippen molar-refractivity contribution in [1.29, 1.82) is 5.41 Å². The molecule has 1 unspecified atom stereocenters. The smallest absolute Gasteiger partial charge is 0.140 e. The minimum Gasteiger partial charge on any atom is -0.306 e. The van der Waals surface area contributed by atoms with Crippen molar-refractivity contribution in [3.05, 3.63) is 41.6 Å². The number of anilines is 1. The van der Waals surface area contributed by atoms with Gasteiger partial charge in [-0.1, -0.05) is 24.3 Å². The normalized spacial score (nSPS) is 20.8. The molecule has 3 N–H and O–H groups in total. The van der Waals surface area contributed by atoms with E-state index in [1.807, 2.05) is 7.05 Å². The van der Waals surface area contributed by atoms with Gasteiger partial charge in [0.15, 0.2) is 0 Å². The molecule has 1 heterocycles. The van der Waals surface area contributed by atoms with E-state index in [2.05, 4.69) is 52.2 Å². The predicted octanol–water partition coefficient (Wildman–Crippen LogP) is 3.50. The van der Waals surface area contributed by atoms with Crippen molar-refractivity contribution in [2.24, 2.45) is 5.92 Å². The molecule has 0 amide bonds. The van der Waals surface area contributed by atoms with Gasteiger partial charge in [-0.25, -0.2) is 5.43 Å². The molecule has 1 aromatic rings. The van der Waals surface area contributed by atoms with Crippen LogP contribution in [0.2, 0.25) is 0 Å². The first kappa shape index (κ1) is 14.5. The molecule has 0 radical (unpaired) electrons. The van der Waals surface area contributed by atoms with Gasteiger partial charge in [0.1, 0.15) is 5.82 Å². The number of aromatic nitrogens is 1. The van der Waals surface area contributed by atoms with E-state index in [1.54, 1.807) is 11.9 Å². The molecule has 5 heteroatoms. The maximum Gasteiger partial charge on any atom is 0.140 e. The lowest BCUT2D eigenvalue weighted by Crippen LogP contribution is -2.20. The Kier molecular flexibility index (Phi) is 4.22. The zero-order valence-electron chi connectivity index (χ0n) is 12.5. The van der Waals surface area contributed by atoms with E-state index in [0.29, 0.717) is 11.2 Å². The third-order valence-electron chi connectivity index (χ3n) is 3.85. The van der Waals surface area contributed by atoms with E-state index in [0.717, 1.165) is 36.4 Å². The molecular formula is C16H22N4S. The quantitative estimate of drug-likeness (QED) is 0.557. The first-order chi connectivity index (χ1) is 10.2. The molecule has 0 aromatic carbocycles. The molecule has 0 aliphatic heterocycles. The SMILES string of the molecule is CNNc1c(C(=N)C2CC2)c(C)cn1SC1C=CC=CC1. The first-order valence-electron chi connectivity index (χ1n) is 7.44. The summed E-state index contributed by atoms with van der Waals surface area (Å²) in [5.41, 5.74) is 9.26. The van der Waals surface area contributed by atoms with E-state index in [9.17, 15) is 0 Å². The van der Waals surface area contributed by atoms with Gasteiger partial charge in [-0.05, 0) is 43.7 Å². The van der Waals surface area contributed by atoms with Crippen molar-refractivity contribution in [2.75, 3.05) is 12.5 Å². The number of hydrazine groups is 1. The molecule has 1 saturated carbocycles. The van der Waals surface area contributed by atoms with Crippen LogP contribution in [0, 0.1) is 18.3 Å². The summed E-state index contributed by atoms with van der Waals surface area (Å²) < 4.78 is 2.17. The number of hydrogen-bond acceptors (Lipinski definition) is 4. The van der Waals surface area contributed by atoms with Crippen LogP contribution in [0.5, 0.6) is 0 Å². The van der Waals surface area contributed by atoms with Crippen LogP contribution >= 0.6 is 11.9 Å². The molecule has 0 bridgehead atoms. The number of rotatable bonds is 6. The summed E-state index contributed by atoms with van der Waals surface area (Å²) in [4.78, 5) is 0. The summed E-state index contributed by atoms with van der Waals surface area (Å²) in [5, 5.41) is 8.87. The summed E-state index contributed by atoms with van der Waals surface area (Å²) in [6.07, 6.45) is 14.1. The number of aryl methyl sites for hydroxylation is 1. The molecule has 112 valence electrons. The Morgan fingerprint density at radius 3 is 2.81 bits per heavy atom. The minimum atomic E-state index is 0.446. The van der Waals surface area contributed by atoms with Crippen LogP contribution in [0.15, 0.2) is 30.5 Å². The minimum absolute atomic E-state index is 0.446. The molecule has 2 aliphatic rings. The van der Waals surface area contributed by atoms with Crippen molar-refractivity contribution in [1.82, 2.24) is 9.40 Å². The predicted molar refractivity (Wildman–Crippen MR) is 91.1 cm³/mol. The molecule has 1 fully saturated rings. The molecule has 21 heavy (non-hydrogen) atoms. The highest BCUT2D eigenvalue weighted by molar-refractivity contribution is 7.98. The maximum atomic E-state index is 8.42. The number of allylic oxidation sites excluding steroid dienone is 3. The van der Waals surface area contributed by atoms with Crippen LogP contribution in [0.1, 0.15) is 30.4 Å². The summed E-state index contributed by atoms with van der Waals surface area (Å²) in [7, 11) is 1.87. The second-order valence-electron chi connectivity index (χ2n) is 5.62. The fourth-order valence-electron chi connectivity index (χ4n) is 2.62. The van der Waals surface area contributed by atoms with Crippen LogP contribution in [0.4, 0.5) is 5.82 Å². The van der Waals surface area contributed by atoms with Crippen LogP contribution in [0.25, 0.3) is 0 Å². The van der Waals surface area contributed by atoms with Crippen molar-refractivity contribution in [3.63, 3.8) is 0 Å². The van der Waals surface area contributed by atoms with Gasteiger partial charge in [-0.15, -0.1) is 0 Å². The third-order valence-corrected chi connectivity index (χ3v) is 4.99. The average Bonchev–Trinajstić information content (AvgIpc) is 3.27. The van der Waals surface area contributed by atoms with Gasteiger partial charge in [0.05, 0.1) is 0 Å². The molecule has 2 aliphatic carbocycles. The second-order valence-corrected chi connectivity index (χ2v) is 6.83. The Bertz CT molecular complexity index is 596. The van der Waals surface area contributed by atoms with Gasteiger partial charge in [-0.2, -0.15) is 0 Å². The van der Waals surface area contributed by atoms with Crippen LogP contribution in [-0.2, 0) is 0 Å². The molecular weight excluding hydrogens is 280 g/mol. The van der Waals surface area contributed by atoms with E-state index < -0.39 is 0 Å². The molecule has 4 nitrogen and oxygen atoms in total. The molecule has 0 spiro atoms. The van der Waals surface area contributed by atoms with E-state index >= 15 is 0 Å². The van der Waals surface area contributed by atoms with Gasteiger partial charge in [-0.3, -0.25) is 3.97 Å². The van der Waals surface area contributed by atoms with Crippen LogP contribution < -0.4 is 10.9 Å². The van der Waals surface area contributed by atoms with Crippen LogP contribution in [-0.4, -0.2) is 22.0 Å². The molecule has 1 atom stereocenters. The van der Waals surface area contributed by atoms with Gasteiger partial charge in [0.2, 0.25) is 0 Å². The maximum absolute atomic E-state index is 8.42. The molecule has 1 aromatic heterocycles. The number of hydrogen-bond donors (Lipinski definition) is 3. The first-order valence-corrected chi connectivity index (χ1v) is 8.28. The van der Waals surface area contributed by atoms with Gasteiger partial charge in [0, 0.05) is 35.7 Å². The standard InChI is InChI=1S/C16H22N4S/c1-11-10-20(21-13-6-4-3-5-7-13)16(19-18-2)14(11)15(17)12-8-9-12/h3-6,10,12-13,17-19H,7-9H2,1-2H3. The van der Waals surface area contributed by atoms with Crippen molar-refractivity contribution in [2.45, 2.75) is 31.4 Å². The fraction of sp³-hybridized carbons (Fsp3) is 0.438. The largest absolute Gasteiger partial charge is 0.306 e. The zero-order chi connectivity index (χ0) is 14.8. The van der Waals surface area contributed by atoms with E-state index in [-0.39, 0.29) is 0 Å². The van der Waals surface area contributed by atoms with Crippen molar-refractivity contribution in [3.8, 4) is 0 Å². The monoisotopic (exact) mass is 302 g/mol. The summed E-state index contributed by atoms with van der Waals surface area (Å²) in [6, 6.07) is 0. The molecule has 0 saturated heterocycles. The van der Waals surface area contributed by atoms with Crippen molar-refractivity contribution >= 4 is 23.5 Å². The Morgan fingerprint density at radius 2 is 2.19 bits per heavy atom. The van der Waals surface area contributed by atoms with Crippen LogP contribution in [0.3, 0.4) is 0 Å². The second kappa shape index (κ2) is 6.12. The lowest BCUT2D eigenvalue weighted by molar-refractivity contribution is 0.956. The fourth-order valence-corrected chi connectivity index (χ4v) is 3.73. The Hall–Kier alpha value is -1.46. The summed E-state index contributed by atoms with van der Waals surface area (Å²) in [5.74, 6) is 1.46.